The van der Waals surface area contributed by atoms with Gasteiger partial charge in [-0.05, 0) is 17.7 Å². The lowest BCUT2D eigenvalue weighted by Crippen LogP contribution is -2.42. The highest BCUT2D eigenvalue weighted by Crippen LogP contribution is 2.18. The summed E-state index contributed by atoms with van der Waals surface area (Å²) in [6, 6.07) is 7.62. The molecule has 0 radical (unpaired) electrons. The molecule has 3 rings (SSSR count). The normalized spacial score (nSPS) is 15.1. The van der Waals surface area contributed by atoms with Crippen LogP contribution in [0.1, 0.15) is 18.4 Å². The molecule has 1 amide bonds. The van der Waals surface area contributed by atoms with E-state index in [9.17, 15) is 4.79 Å². The minimum absolute atomic E-state index is 0.0896. The molecule has 1 saturated heterocycles. The standard InChI is InChI=1S/C18H21N3O3/c1-23-15-4-2-14(3-5-15)12-18(22)21-10-6-16(7-11-21)24-17-13-19-8-9-20-17/h2-5,8-9,13,16H,6-7,10-12H2,1H3. The minimum Gasteiger partial charge on any atom is -0.497 e. The van der Waals surface area contributed by atoms with E-state index < -0.39 is 0 Å². The van der Waals surface area contributed by atoms with E-state index in [-0.39, 0.29) is 12.0 Å². The van der Waals surface area contributed by atoms with E-state index in [1.165, 1.54) is 0 Å². The van der Waals surface area contributed by atoms with Crippen LogP contribution >= 0.6 is 0 Å². The molecule has 0 bridgehead atoms. The lowest BCUT2D eigenvalue weighted by Gasteiger charge is -2.32. The van der Waals surface area contributed by atoms with Gasteiger partial charge in [0.05, 0.1) is 19.7 Å². The lowest BCUT2D eigenvalue weighted by molar-refractivity contribution is -0.132. The number of methoxy groups -OCH3 is 1. The Balaban J connectivity index is 1.47. The van der Waals surface area contributed by atoms with Crippen LogP contribution in [0.2, 0.25) is 0 Å². The maximum absolute atomic E-state index is 12.4. The molecule has 1 aliphatic heterocycles. The second kappa shape index (κ2) is 7.77. The summed E-state index contributed by atoms with van der Waals surface area (Å²) in [5.74, 6) is 1.49. The molecule has 0 unspecified atom stereocenters. The highest BCUT2D eigenvalue weighted by molar-refractivity contribution is 5.78. The summed E-state index contributed by atoms with van der Waals surface area (Å²) in [7, 11) is 1.63. The van der Waals surface area contributed by atoms with Crippen LogP contribution in [-0.4, -0.2) is 47.1 Å². The van der Waals surface area contributed by atoms with Crippen molar-refractivity contribution in [2.24, 2.45) is 0 Å². The third-order valence-corrected chi connectivity index (χ3v) is 4.14. The van der Waals surface area contributed by atoms with Gasteiger partial charge in [-0.25, -0.2) is 4.98 Å². The van der Waals surface area contributed by atoms with Crippen molar-refractivity contribution in [1.82, 2.24) is 14.9 Å². The molecular weight excluding hydrogens is 306 g/mol. The first-order valence-corrected chi connectivity index (χ1v) is 8.08. The average molecular weight is 327 g/mol. The van der Waals surface area contributed by atoms with E-state index in [2.05, 4.69) is 9.97 Å². The Morgan fingerprint density at radius 2 is 1.96 bits per heavy atom. The number of hydrogen-bond donors (Lipinski definition) is 0. The van der Waals surface area contributed by atoms with E-state index in [1.807, 2.05) is 29.2 Å². The largest absolute Gasteiger partial charge is 0.497 e. The van der Waals surface area contributed by atoms with Crippen LogP contribution in [0.4, 0.5) is 0 Å². The summed E-state index contributed by atoms with van der Waals surface area (Å²) < 4.78 is 10.9. The summed E-state index contributed by atoms with van der Waals surface area (Å²) >= 11 is 0. The van der Waals surface area contributed by atoms with Gasteiger partial charge in [-0.15, -0.1) is 0 Å². The lowest BCUT2D eigenvalue weighted by atomic mass is 10.1. The number of benzene rings is 1. The summed E-state index contributed by atoms with van der Waals surface area (Å²) in [6.07, 6.45) is 6.97. The van der Waals surface area contributed by atoms with Crippen molar-refractivity contribution in [3.05, 3.63) is 48.4 Å². The van der Waals surface area contributed by atoms with Crippen molar-refractivity contribution in [3.8, 4) is 11.6 Å². The van der Waals surface area contributed by atoms with Crippen LogP contribution in [-0.2, 0) is 11.2 Å². The van der Waals surface area contributed by atoms with Gasteiger partial charge in [0.2, 0.25) is 11.8 Å². The number of aromatic nitrogens is 2. The quantitative estimate of drug-likeness (QED) is 0.841. The number of ether oxygens (including phenoxy) is 2. The smallest absolute Gasteiger partial charge is 0.232 e. The molecule has 1 aromatic heterocycles. The van der Waals surface area contributed by atoms with Crippen molar-refractivity contribution >= 4 is 5.91 Å². The predicted molar refractivity (Wildman–Crippen MR) is 89.0 cm³/mol. The Morgan fingerprint density at radius 3 is 2.58 bits per heavy atom. The summed E-state index contributed by atoms with van der Waals surface area (Å²) in [5, 5.41) is 0. The van der Waals surface area contributed by atoms with E-state index >= 15 is 0 Å². The predicted octanol–water partition coefficient (Wildman–Crippen LogP) is 2.10. The Morgan fingerprint density at radius 1 is 1.21 bits per heavy atom. The van der Waals surface area contributed by atoms with Gasteiger partial charge in [0.15, 0.2) is 0 Å². The van der Waals surface area contributed by atoms with E-state index in [4.69, 9.17) is 9.47 Å². The van der Waals surface area contributed by atoms with Crippen molar-refractivity contribution in [2.75, 3.05) is 20.2 Å². The van der Waals surface area contributed by atoms with Gasteiger partial charge < -0.3 is 14.4 Å². The number of nitrogens with zero attached hydrogens (tertiary/aromatic N) is 3. The van der Waals surface area contributed by atoms with Gasteiger partial charge in [0.25, 0.3) is 0 Å². The van der Waals surface area contributed by atoms with Gasteiger partial charge in [-0.2, -0.15) is 0 Å². The average Bonchev–Trinajstić information content (AvgIpc) is 2.64. The molecule has 1 aromatic carbocycles. The molecule has 1 aliphatic rings. The molecule has 0 atom stereocenters. The number of carbonyl (C=O) groups excluding carboxylic acids is 1. The number of rotatable bonds is 5. The molecule has 6 heteroatoms. The van der Waals surface area contributed by atoms with Crippen LogP contribution in [0.3, 0.4) is 0 Å². The number of piperidine rings is 1. The third kappa shape index (κ3) is 4.22. The fraction of sp³-hybridized carbons (Fsp3) is 0.389. The van der Waals surface area contributed by atoms with E-state index in [1.54, 1.807) is 25.7 Å². The molecule has 2 heterocycles. The Labute approximate surface area is 141 Å². The maximum atomic E-state index is 12.4. The van der Waals surface area contributed by atoms with E-state index in [0.29, 0.717) is 25.4 Å². The van der Waals surface area contributed by atoms with Crippen LogP contribution in [0, 0.1) is 0 Å². The molecule has 126 valence electrons. The molecule has 0 saturated carbocycles. The molecule has 0 spiro atoms. The number of likely N-dealkylation sites (tertiary alicyclic amines) is 1. The van der Waals surface area contributed by atoms with Gasteiger partial charge >= 0.3 is 0 Å². The summed E-state index contributed by atoms with van der Waals surface area (Å²) in [5.41, 5.74) is 0.999. The number of carbonyl (C=O) groups is 1. The van der Waals surface area contributed by atoms with Gasteiger partial charge in [0.1, 0.15) is 11.9 Å². The second-order valence-corrected chi connectivity index (χ2v) is 5.77. The molecule has 1 fully saturated rings. The Hall–Kier alpha value is -2.63. The number of amides is 1. The first kappa shape index (κ1) is 16.2. The fourth-order valence-corrected chi connectivity index (χ4v) is 2.77. The maximum Gasteiger partial charge on any atom is 0.232 e. The van der Waals surface area contributed by atoms with Crippen molar-refractivity contribution in [3.63, 3.8) is 0 Å². The van der Waals surface area contributed by atoms with Crippen LogP contribution in [0.5, 0.6) is 11.6 Å². The fourth-order valence-electron chi connectivity index (χ4n) is 2.77. The Bertz CT molecular complexity index is 653. The summed E-state index contributed by atoms with van der Waals surface area (Å²) in [6.45, 7) is 1.42. The van der Waals surface area contributed by atoms with Gasteiger partial charge in [0, 0.05) is 38.3 Å². The molecule has 2 aromatic rings. The second-order valence-electron chi connectivity index (χ2n) is 5.77. The zero-order chi connectivity index (χ0) is 16.8. The molecular formula is C18H21N3O3. The zero-order valence-corrected chi connectivity index (χ0v) is 13.7. The van der Waals surface area contributed by atoms with Crippen molar-refractivity contribution in [1.29, 1.82) is 0 Å². The van der Waals surface area contributed by atoms with E-state index in [0.717, 1.165) is 24.2 Å². The first-order valence-electron chi connectivity index (χ1n) is 8.08. The molecule has 24 heavy (non-hydrogen) atoms. The monoisotopic (exact) mass is 327 g/mol. The van der Waals surface area contributed by atoms with Gasteiger partial charge in [-0.3, -0.25) is 9.78 Å². The van der Waals surface area contributed by atoms with Crippen molar-refractivity contribution in [2.45, 2.75) is 25.4 Å². The Kier molecular flexibility index (Phi) is 5.25. The molecule has 6 nitrogen and oxygen atoms in total. The SMILES string of the molecule is COc1ccc(CC(=O)N2CCC(Oc3cnccn3)CC2)cc1. The highest BCUT2D eigenvalue weighted by Gasteiger charge is 2.24. The minimum atomic E-state index is 0.0896. The van der Waals surface area contributed by atoms with Gasteiger partial charge in [-0.1, -0.05) is 12.1 Å². The van der Waals surface area contributed by atoms with Crippen molar-refractivity contribution < 1.29 is 14.3 Å². The van der Waals surface area contributed by atoms with Crippen LogP contribution < -0.4 is 9.47 Å². The first-order chi connectivity index (χ1) is 11.7. The third-order valence-electron chi connectivity index (χ3n) is 4.14. The number of hydrogen-bond acceptors (Lipinski definition) is 5. The summed E-state index contributed by atoms with van der Waals surface area (Å²) in [4.78, 5) is 22.4. The van der Waals surface area contributed by atoms with Crippen LogP contribution in [0.15, 0.2) is 42.9 Å². The zero-order valence-electron chi connectivity index (χ0n) is 13.7. The molecule has 0 N–H and O–H groups in total. The topological polar surface area (TPSA) is 64.5 Å². The highest BCUT2D eigenvalue weighted by atomic mass is 16.5. The van der Waals surface area contributed by atoms with Crippen LogP contribution in [0.25, 0.3) is 0 Å². The molecule has 0 aliphatic carbocycles.